The Morgan fingerprint density at radius 3 is 2.42 bits per heavy atom. The molecular weight excluding hydrogens is 254 g/mol. The van der Waals surface area contributed by atoms with E-state index in [1.54, 1.807) is 12.1 Å². The monoisotopic (exact) mass is 271 g/mol. The molecule has 2 rings (SSSR count). The van der Waals surface area contributed by atoms with Crippen molar-refractivity contribution in [1.29, 1.82) is 0 Å². The number of aryl methyl sites for hydroxylation is 2. The standard InChI is InChI=1S/C16H17NOS/c17-16(19)11-14-10-15(18)9-8-13(14)7-6-12-4-2-1-3-5-12/h1-5,8-10,18H,6-7,11H2,(H2,17,19). The van der Waals surface area contributed by atoms with E-state index in [0.29, 0.717) is 11.4 Å². The van der Waals surface area contributed by atoms with Crippen LogP contribution in [0.3, 0.4) is 0 Å². The Morgan fingerprint density at radius 1 is 1.00 bits per heavy atom. The Hall–Kier alpha value is -1.87. The van der Waals surface area contributed by atoms with Gasteiger partial charge in [-0.05, 0) is 41.7 Å². The Kier molecular flexibility index (Phi) is 4.53. The van der Waals surface area contributed by atoms with Crippen LogP contribution in [-0.4, -0.2) is 10.1 Å². The fourth-order valence-corrected chi connectivity index (χ4v) is 2.29. The Morgan fingerprint density at radius 2 is 1.74 bits per heavy atom. The molecule has 19 heavy (non-hydrogen) atoms. The van der Waals surface area contributed by atoms with Crippen LogP contribution in [0.1, 0.15) is 16.7 Å². The lowest BCUT2D eigenvalue weighted by Crippen LogP contribution is -2.12. The van der Waals surface area contributed by atoms with Crippen molar-refractivity contribution in [2.24, 2.45) is 5.73 Å². The molecule has 0 amide bonds. The van der Waals surface area contributed by atoms with E-state index >= 15 is 0 Å². The lowest BCUT2D eigenvalue weighted by molar-refractivity contribution is 0.474. The molecule has 0 aliphatic rings. The van der Waals surface area contributed by atoms with Gasteiger partial charge < -0.3 is 10.8 Å². The summed E-state index contributed by atoms with van der Waals surface area (Å²) in [5.74, 6) is 0.259. The number of phenolic OH excluding ortho intramolecular Hbond substituents is 1. The highest BCUT2D eigenvalue weighted by Crippen LogP contribution is 2.19. The van der Waals surface area contributed by atoms with E-state index in [1.165, 1.54) is 11.1 Å². The molecule has 0 bridgehead atoms. The molecule has 2 nitrogen and oxygen atoms in total. The summed E-state index contributed by atoms with van der Waals surface area (Å²) in [7, 11) is 0. The van der Waals surface area contributed by atoms with Crippen molar-refractivity contribution in [3.8, 4) is 5.75 Å². The van der Waals surface area contributed by atoms with Gasteiger partial charge in [0, 0.05) is 6.42 Å². The fourth-order valence-electron chi connectivity index (χ4n) is 2.13. The average Bonchev–Trinajstić information content (AvgIpc) is 2.38. The number of phenols is 1. The van der Waals surface area contributed by atoms with Gasteiger partial charge in [-0.3, -0.25) is 0 Å². The van der Waals surface area contributed by atoms with Crippen molar-refractivity contribution < 1.29 is 5.11 Å². The topological polar surface area (TPSA) is 46.2 Å². The van der Waals surface area contributed by atoms with Gasteiger partial charge in [0.15, 0.2) is 0 Å². The van der Waals surface area contributed by atoms with Crippen LogP contribution < -0.4 is 5.73 Å². The van der Waals surface area contributed by atoms with Crippen LogP contribution in [0, 0.1) is 0 Å². The van der Waals surface area contributed by atoms with Gasteiger partial charge in [-0.2, -0.15) is 0 Å². The highest BCUT2D eigenvalue weighted by Gasteiger charge is 2.06. The van der Waals surface area contributed by atoms with Crippen molar-refractivity contribution >= 4 is 17.2 Å². The average molecular weight is 271 g/mol. The van der Waals surface area contributed by atoms with Crippen LogP contribution in [-0.2, 0) is 19.3 Å². The predicted molar refractivity (Wildman–Crippen MR) is 82.4 cm³/mol. The lowest BCUT2D eigenvalue weighted by atomic mass is 9.98. The van der Waals surface area contributed by atoms with Crippen LogP contribution in [0.15, 0.2) is 48.5 Å². The molecule has 98 valence electrons. The molecule has 2 aromatic rings. The van der Waals surface area contributed by atoms with Crippen molar-refractivity contribution in [2.75, 3.05) is 0 Å². The molecule has 0 saturated carbocycles. The molecule has 0 aromatic heterocycles. The first-order valence-electron chi connectivity index (χ1n) is 6.28. The molecule has 0 radical (unpaired) electrons. The number of hydrogen-bond acceptors (Lipinski definition) is 2. The second kappa shape index (κ2) is 6.34. The number of rotatable bonds is 5. The SMILES string of the molecule is NC(=S)Cc1cc(O)ccc1CCc1ccccc1. The highest BCUT2D eigenvalue weighted by atomic mass is 32.1. The first kappa shape index (κ1) is 13.6. The summed E-state index contributed by atoms with van der Waals surface area (Å²) in [5, 5.41) is 9.55. The number of benzene rings is 2. The summed E-state index contributed by atoms with van der Waals surface area (Å²) >= 11 is 4.95. The summed E-state index contributed by atoms with van der Waals surface area (Å²) in [6, 6.07) is 15.8. The summed E-state index contributed by atoms with van der Waals surface area (Å²) in [6.45, 7) is 0. The van der Waals surface area contributed by atoms with Gasteiger partial charge in [0.1, 0.15) is 5.75 Å². The van der Waals surface area contributed by atoms with Crippen molar-refractivity contribution in [3.05, 3.63) is 65.2 Å². The Balaban J connectivity index is 2.13. The van der Waals surface area contributed by atoms with E-state index in [1.807, 2.05) is 24.3 Å². The predicted octanol–water partition coefficient (Wildman–Crippen LogP) is 3.01. The maximum absolute atomic E-state index is 9.55. The number of nitrogens with two attached hydrogens (primary N) is 1. The first-order valence-corrected chi connectivity index (χ1v) is 6.69. The fraction of sp³-hybridized carbons (Fsp3) is 0.188. The summed E-state index contributed by atoms with van der Waals surface area (Å²) in [4.78, 5) is 0.451. The molecule has 2 aromatic carbocycles. The van der Waals surface area contributed by atoms with Gasteiger partial charge >= 0.3 is 0 Å². The molecule has 0 heterocycles. The largest absolute Gasteiger partial charge is 0.508 e. The first-order chi connectivity index (χ1) is 9.15. The van der Waals surface area contributed by atoms with E-state index in [9.17, 15) is 5.11 Å². The normalized spacial score (nSPS) is 10.3. The summed E-state index contributed by atoms with van der Waals surface area (Å²) < 4.78 is 0. The van der Waals surface area contributed by atoms with E-state index in [2.05, 4.69) is 12.1 Å². The van der Waals surface area contributed by atoms with Crippen LogP contribution >= 0.6 is 12.2 Å². The minimum Gasteiger partial charge on any atom is -0.508 e. The second-order valence-electron chi connectivity index (χ2n) is 4.58. The Bertz CT molecular complexity index is 566. The third-order valence-corrected chi connectivity index (χ3v) is 3.22. The molecule has 0 atom stereocenters. The van der Waals surface area contributed by atoms with E-state index in [-0.39, 0.29) is 5.75 Å². The van der Waals surface area contributed by atoms with Crippen LogP contribution in [0.25, 0.3) is 0 Å². The second-order valence-corrected chi connectivity index (χ2v) is 5.11. The number of thiocarbonyl (C=S) groups is 1. The van der Waals surface area contributed by atoms with E-state index in [0.717, 1.165) is 18.4 Å². The molecule has 3 heteroatoms. The lowest BCUT2D eigenvalue weighted by Gasteiger charge is -2.10. The third kappa shape index (κ3) is 4.07. The van der Waals surface area contributed by atoms with E-state index < -0.39 is 0 Å². The van der Waals surface area contributed by atoms with Crippen LogP contribution in [0.2, 0.25) is 0 Å². The molecule has 0 fully saturated rings. The molecular formula is C16H17NOS. The zero-order chi connectivity index (χ0) is 13.7. The molecule has 3 N–H and O–H groups in total. The smallest absolute Gasteiger partial charge is 0.115 e. The summed E-state index contributed by atoms with van der Waals surface area (Å²) in [5.41, 5.74) is 9.11. The van der Waals surface area contributed by atoms with Crippen molar-refractivity contribution in [3.63, 3.8) is 0 Å². The number of aromatic hydroxyl groups is 1. The van der Waals surface area contributed by atoms with Crippen LogP contribution in [0.5, 0.6) is 5.75 Å². The van der Waals surface area contributed by atoms with Gasteiger partial charge in [-0.25, -0.2) is 0 Å². The molecule has 0 aliphatic carbocycles. The zero-order valence-electron chi connectivity index (χ0n) is 10.7. The summed E-state index contributed by atoms with van der Waals surface area (Å²) in [6.07, 6.45) is 2.42. The maximum atomic E-state index is 9.55. The van der Waals surface area contributed by atoms with Gasteiger partial charge in [0.25, 0.3) is 0 Å². The number of hydrogen-bond donors (Lipinski definition) is 2. The van der Waals surface area contributed by atoms with Crippen molar-refractivity contribution in [1.82, 2.24) is 0 Å². The quantitative estimate of drug-likeness (QED) is 0.822. The van der Waals surface area contributed by atoms with Crippen LogP contribution in [0.4, 0.5) is 0 Å². The third-order valence-electron chi connectivity index (χ3n) is 3.08. The van der Waals surface area contributed by atoms with E-state index in [4.69, 9.17) is 18.0 Å². The molecule has 0 aliphatic heterocycles. The Labute approximate surface area is 118 Å². The van der Waals surface area contributed by atoms with Gasteiger partial charge in [-0.15, -0.1) is 0 Å². The highest BCUT2D eigenvalue weighted by molar-refractivity contribution is 7.80. The van der Waals surface area contributed by atoms with Gasteiger partial charge in [-0.1, -0.05) is 48.6 Å². The van der Waals surface area contributed by atoms with Gasteiger partial charge in [0.05, 0.1) is 4.99 Å². The zero-order valence-corrected chi connectivity index (χ0v) is 11.5. The van der Waals surface area contributed by atoms with Crippen molar-refractivity contribution in [2.45, 2.75) is 19.3 Å². The minimum absolute atomic E-state index is 0.259. The minimum atomic E-state index is 0.259. The molecule has 0 spiro atoms. The molecule has 0 saturated heterocycles. The van der Waals surface area contributed by atoms with Gasteiger partial charge in [0.2, 0.25) is 0 Å². The molecule has 0 unspecified atom stereocenters. The maximum Gasteiger partial charge on any atom is 0.115 e.